The highest BCUT2D eigenvalue weighted by atomic mass is 32.2. The first-order valence-corrected chi connectivity index (χ1v) is 7.82. The highest BCUT2D eigenvalue weighted by molar-refractivity contribution is 8.01. The standard InChI is InChI=1S/C15H9NO4S2/c17-13(18)8-5-6-12-10(7-8)16-15(22-12)21-11-4-2-1-3-9(11)14(19)20/h1-7H,(H,17,18)(H,19,20). The van der Waals surface area contributed by atoms with Gasteiger partial charge in [-0.3, -0.25) is 0 Å². The zero-order valence-corrected chi connectivity index (χ0v) is 12.6. The molecule has 3 rings (SSSR count). The van der Waals surface area contributed by atoms with Gasteiger partial charge in [-0.1, -0.05) is 23.9 Å². The lowest BCUT2D eigenvalue weighted by molar-refractivity contribution is 0.0684. The SMILES string of the molecule is O=C(O)c1ccc2sc(Sc3ccccc3C(=O)O)nc2c1. The molecule has 5 nitrogen and oxygen atoms in total. The summed E-state index contributed by atoms with van der Waals surface area (Å²) in [7, 11) is 0. The molecular weight excluding hydrogens is 322 g/mol. The number of fused-ring (bicyclic) bond motifs is 1. The Bertz CT molecular complexity index is 888. The molecule has 7 heteroatoms. The molecule has 3 aromatic rings. The second-order valence-corrected chi connectivity index (χ2v) is 6.69. The van der Waals surface area contributed by atoms with Crippen LogP contribution in [0.5, 0.6) is 0 Å². The molecule has 22 heavy (non-hydrogen) atoms. The number of carboxylic acids is 2. The van der Waals surface area contributed by atoms with Crippen LogP contribution in [0.4, 0.5) is 0 Å². The van der Waals surface area contributed by atoms with E-state index in [2.05, 4.69) is 4.98 Å². The van der Waals surface area contributed by atoms with Gasteiger partial charge in [-0.05, 0) is 30.3 Å². The number of aromatic carboxylic acids is 2. The van der Waals surface area contributed by atoms with Crippen LogP contribution in [0.15, 0.2) is 51.7 Å². The Labute approximate surface area is 133 Å². The van der Waals surface area contributed by atoms with E-state index in [1.54, 1.807) is 30.3 Å². The molecule has 110 valence electrons. The van der Waals surface area contributed by atoms with Crippen LogP contribution in [0.1, 0.15) is 20.7 Å². The molecule has 0 atom stereocenters. The number of carboxylic acid groups (broad SMARTS) is 2. The first kappa shape index (κ1) is 14.6. The van der Waals surface area contributed by atoms with E-state index in [1.807, 2.05) is 0 Å². The van der Waals surface area contributed by atoms with Gasteiger partial charge < -0.3 is 10.2 Å². The average molecular weight is 331 g/mol. The molecule has 2 aromatic carbocycles. The van der Waals surface area contributed by atoms with Gasteiger partial charge in [-0.15, -0.1) is 11.3 Å². The lowest BCUT2D eigenvalue weighted by Crippen LogP contribution is -1.97. The molecule has 0 spiro atoms. The van der Waals surface area contributed by atoms with E-state index >= 15 is 0 Å². The third-order valence-corrected chi connectivity index (χ3v) is 5.10. The van der Waals surface area contributed by atoms with Gasteiger partial charge in [-0.25, -0.2) is 14.6 Å². The summed E-state index contributed by atoms with van der Waals surface area (Å²) in [4.78, 5) is 27.2. The molecule has 0 aliphatic heterocycles. The lowest BCUT2D eigenvalue weighted by Gasteiger charge is -2.02. The quantitative estimate of drug-likeness (QED) is 0.755. The van der Waals surface area contributed by atoms with Crippen molar-refractivity contribution in [3.05, 3.63) is 53.6 Å². The third-order valence-electron chi connectivity index (χ3n) is 2.93. The molecule has 0 bridgehead atoms. The average Bonchev–Trinajstić information content (AvgIpc) is 2.88. The summed E-state index contributed by atoms with van der Waals surface area (Å²) in [6.45, 7) is 0. The Morgan fingerprint density at radius 2 is 1.82 bits per heavy atom. The summed E-state index contributed by atoms with van der Waals surface area (Å²) in [5, 5.41) is 18.2. The van der Waals surface area contributed by atoms with Crippen LogP contribution in [-0.2, 0) is 0 Å². The van der Waals surface area contributed by atoms with Crippen LogP contribution in [0.2, 0.25) is 0 Å². The Morgan fingerprint density at radius 1 is 1.05 bits per heavy atom. The van der Waals surface area contributed by atoms with Gasteiger partial charge in [0.1, 0.15) is 0 Å². The maximum atomic E-state index is 11.2. The Hall–Kier alpha value is -2.38. The molecule has 2 N–H and O–H groups in total. The number of hydrogen-bond acceptors (Lipinski definition) is 5. The number of hydrogen-bond donors (Lipinski definition) is 2. The molecule has 0 saturated heterocycles. The van der Waals surface area contributed by atoms with Crippen molar-refractivity contribution >= 4 is 45.3 Å². The smallest absolute Gasteiger partial charge is 0.336 e. The maximum Gasteiger partial charge on any atom is 0.336 e. The summed E-state index contributed by atoms with van der Waals surface area (Å²) in [6.07, 6.45) is 0. The summed E-state index contributed by atoms with van der Waals surface area (Å²) >= 11 is 2.66. The van der Waals surface area contributed by atoms with Gasteiger partial charge in [0, 0.05) is 4.90 Å². The minimum Gasteiger partial charge on any atom is -0.478 e. The number of benzene rings is 2. The lowest BCUT2D eigenvalue weighted by atomic mass is 10.2. The fourth-order valence-corrected chi connectivity index (χ4v) is 4.04. The highest BCUT2D eigenvalue weighted by Crippen LogP contribution is 2.36. The van der Waals surface area contributed by atoms with Gasteiger partial charge in [-0.2, -0.15) is 0 Å². The predicted octanol–water partition coefficient (Wildman–Crippen LogP) is 3.84. The largest absolute Gasteiger partial charge is 0.478 e. The van der Waals surface area contributed by atoms with E-state index in [4.69, 9.17) is 5.11 Å². The van der Waals surface area contributed by atoms with Crippen molar-refractivity contribution in [3.63, 3.8) is 0 Å². The monoisotopic (exact) mass is 331 g/mol. The van der Waals surface area contributed by atoms with Crippen molar-refractivity contribution in [1.29, 1.82) is 0 Å². The molecule has 0 aliphatic carbocycles. The molecule has 0 aliphatic rings. The van der Waals surface area contributed by atoms with Crippen LogP contribution in [0.25, 0.3) is 10.2 Å². The zero-order valence-electron chi connectivity index (χ0n) is 11.0. The van der Waals surface area contributed by atoms with Gasteiger partial charge in [0.05, 0.1) is 21.3 Å². The minimum atomic E-state index is -1.000. The van der Waals surface area contributed by atoms with Crippen molar-refractivity contribution in [2.24, 2.45) is 0 Å². The van der Waals surface area contributed by atoms with E-state index in [0.717, 1.165) is 4.70 Å². The van der Waals surface area contributed by atoms with Crippen LogP contribution in [0.3, 0.4) is 0 Å². The molecule has 0 saturated carbocycles. The molecule has 1 heterocycles. The summed E-state index contributed by atoms with van der Waals surface area (Å²) in [5.41, 5.74) is 0.999. The van der Waals surface area contributed by atoms with Crippen molar-refractivity contribution in [1.82, 2.24) is 4.98 Å². The molecule has 0 fully saturated rings. The normalized spacial score (nSPS) is 10.7. The summed E-state index contributed by atoms with van der Waals surface area (Å²) in [5.74, 6) is -1.99. The van der Waals surface area contributed by atoms with Crippen molar-refractivity contribution in [2.75, 3.05) is 0 Å². The Kier molecular flexibility index (Phi) is 3.82. The van der Waals surface area contributed by atoms with Crippen LogP contribution in [0, 0.1) is 0 Å². The van der Waals surface area contributed by atoms with E-state index in [1.165, 1.54) is 35.2 Å². The third kappa shape index (κ3) is 2.81. The fraction of sp³-hybridized carbons (Fsp3) is 0. The molecular formula is C15H9NO4S2. The van der Waals surface area contributed by atoms with Crippen molar-refractivity contribution < 1.29 is 19.8 Å². The predicted molar refractivity (Wildman–Crippen MR) is 84.1 cm³/mol. The Balaban J connectivity index is 1.98. The van der Waals surface area contributed by atoms with Crippen LogP contribution < -0.4 is 0 Å². The molecule has 1 aromatic heterocycles. The number of nitrogens with zero attached hydrogens (tertiary/aromatic N) is 1. The number of rotatable bonds is 4. The van der Waals surface area contributed by atoms with Crippen LogP contribution >= 0.6 is 23.1 Å². The van der Waals surface area contributed by atoms with Crippen molar-refractivity contribution in [2.45, 2.75) is 9.24 Å². The zero-order chi connectivity index (χ0) is 15.7. The van der Waals surface area contributed by atoms with Gasteiger partial charge in [0.25, 0.3) is 0 Å². The second-order valence-electron chi connectivity index (χ2n) is 4.37. The Morgan fingerprint density at radius 3 is 2.55 bits per heavy atom. The van der Waals surface area contributed by atoms with Gasteiger partial charge in [0.15, 0.2) is 4.34 Å². The fourth-order valence-electron chi connectivity index (χ4n) is 1.91. The first-order valence-electron chi connectivity index (χ1n) is 6.18. The summed E-state index contributed by atoms with van der Waals surface area (Å²) < 4.78 is 1.53. The minimum absolute atomic E-state index is 0.181. The first-order chi connectivity index (χ1) is 10.5. The van der Waals surface area contributed by atoms with Crippen molar-refractivity contribution in [3.8, 4) is 0 Å². The molecule has 0 radical (unpaired) electrons. The maximum absolute atomic E-state index is 11.2. The number of carbonyl (C=O) groups is 2. The molecule has 0 amide bonds. The number of aromatic nitrogens is 1. The van der Waals surface area contributed by atoms with Gasteiger partial charge in [0.2, 0.25) is 0 Å². The van der Waals surface area contributed by atoms with E-state index in [0.29, 0.717) is 14.8 Å². The highest BCUT2D eigenvalue weighted by Gasteiger charge is 2.13. The molecule has 0 unspecified atom stereocenters. The summed E-state index contributed by atoms with van der Waals surface area (Å²) in [6, 6.07) is 11.5. The second kappa shape index (κ2) is 5.78. The topological polar surface area (TPSA) is 87.5 Å². The van der Waals surface area contributed by atoms with Crippen LogP contribution in [-0.4, -0.2) is 27.1 Å². The van der Waals surface area contributed by atoms with E-state index < -0.39 is 11.9 Å². The van der Waals surface area contributed by atoms with E-state index in [9.17, 15) is 14.7 Å². The van der Waals surface area contributed by atoms with E-state index in [-0.39, 0.29) is 11.1 Å². The number of thiazole rings is 1. The van der Waals surface area contributed by atoms with Gasteiger partial charge >= 0.3 is 11.9 Å².